The molecule has 0 spiro atoms. The highest BCUT2D eigenvalue weighted by Crippen LogP contribution is 2.22. The monoisotopic (exact) mass is 305 g/mol. The first-order chi connectivity index (χ1) is 11.2. The van der Waals surface area contributed by atoms with Gasteiger partial charge in [-0.25, -0.2) is 4.98 Å². The minimum Gasteiger partial charge on any atom is -0.461 e. The molecule has 0 aliphatic rings. The quantitative estimate of drug-likeness (QED) is 0.692. The predicted octanol–water partition coefficient (Wildman–Crippen LogP) is 3.27. The average Bonchev–Trinajstić information content (AvgIpc) is 2.61. The maximum Gasteiger partial charge on any atom is 0.302 e. The maximum atomic E-state index is 11.1. The van der Waals surface area contributed by atoms with Crippen molar-refractivity contribution in [1.82, 2.24) is 15.0 Å². The van der Waals surface area contributed by atoms with E-state index in [4.69, 9.17) is 4.74 Å². The third-order valence-corrected chi connectivity index (χ3v) is 3.18. The third kappa shape index (κ3) is 3.77. The fourth-order valence-electron chi connectivity index (χ4n) is 2.15. The number of aromatic nitrogens is 3. The second-order valence-corrected chi connectivity index (χ2v) is 4.96. The van der Waals surface area contributed by atoms with E-state index in [1.807, 2.05) is 48.5 Å². The molecule has 0 amide bonds. The zero-order valence-corrected chi connectivity index (χ0v) is 12.6. The van der Waals surface area contributed by atoms with Gasteiger partial charge in [0.1, 0.15) is 6.61 Å². The molecule has 3 rings (SSSR count). The molecule has 5 nitrogen and oxygen atoms in total. The van der Waals surface area contributed by atoms with Gasteiger partial charge in [0.15, 0.2) is 0 Å². The largest absolute Gasteiger partial charge is 0.461 e. The van der Waals surface area contributed by atoms with Crippen molar-refractivity contribution >= 4 is 5.97 Å². The maximum absolute atomic E-state index is 11.1. The van der Waals surface area contributed by atoms with Crippen LogP contribution in [0.15, 0.2) is 60.9 Å². The van der Waals surface area contributed by atoms with Crippen molar-refractivity contribution in [2.75, 3.05) is 0 Å². The molecule has 3 aromatic heterocycles. The predicted molar refractivity (Wildman–Crippen MR) is 86.2 cm³/mol. The van der Waals surface area contributed by atoms with Gasteiger partial charge in [0.25, 0.3) is 0 Å². The highest BCUT2D eigenvalue weighted by atomic mass is 16.5. The lowest BCUT2D eigenvalue weighted by Crippen LogP contribution is -2.01. The van der Waals surface area contributed by atoms with Crippen molar-refractivity contribution in [3.8, 4) is 22.8 Å². The van der Waals surface area contributed by atoms with E-state index in [1.165, 1.54) is 6.92 Å². The van der Waals surface area contributed by atoms with Crippen molar-refractivity contribution in [2.45, 2.75) is 13.5 Å². The highest BCUT2D eigenvalue weighted by molar-refractivity contribution is 5.66. The normalized spacial score (nSPS) is 10.3. The molecule has 0 unspecified atom stereocenters. The Kier molecular flexibility index (Phi) is 4.38. The molecule has 0 atom stereocenters. The van der Waals surface area contributed by atoms with Gasteiger partial charge in [0.05, 0.1) is 22.8 Å². The van der Waals surface area contributed by atoms with Crippen molar-refractivity contribution in [3.05, 3.63) is 66.5 Å². The van der Waals surface area contributed by atoms with Crippen LogP contribution in [0.1, 0.15) is 12.5 Å². The van der Waals surface area contributed by atoms with Crippen molar-refractivity contribution < 1.29 is 9.53 Å². The van der Waals surface area contributed by atoms with Crippen LogP contribution in [0, 0.1) is 0 Å². The number of hydrogen-bond donors (Lipinski definition) is 0. The van der Waals surface area contributed by atoms with Crippen LogP contribution < -0.4 is 0 Å². The Hall–Kier alpha value is -3.08. The summed E-state index contributed by atoms with van der Waals surface area (Å²) in [6.07, 6.45) is 3.44. The second kappa shape index (κ2) is 6.79. The van der Waals surface area contributed by atoms with Crippen LogP contribution in [0.4, 0.5) is 0 Å². The topological polar surface area (TPSA) is 65.0 Å². The number of carbonyl (C=O) groups is 1. The van der Waals surface area contributed by atoms with E-state index in [9.17, 15) is 4.79 Å². The molecule has 5 heteroatoms. The van der Waals surface area contributed by atoms with Gasteiger partial charge in [-0.1, -0.05) is 12.1 Å². The van der Waals surface area contributed by atoms with E-state index in [2.05, 4.69) is 15.0 Å². The number of nitrogens with zero attached hydrogens (tertiary/aromatic N) is 3. The zero-order valence-electron chi connectivity index (χ0n) is 12.6. The Morgan fingerprint density at radius 3 is 1.91 bits per heavy atom. The molecule has 0 saturated heterocycles. The smallest absolute Gasteiger partial charge is 0.302 e. The van der Waals surface area contributed by atoms with Gasteiger partial charge in [0.2, 0.25) is 0 Å². The summed E-state index contributed by atoms with van der Waals surface area (Å²) in [5, 5.41) is 0. The lowest BCUT2D eigenvalue weighted by atomic mass is 10.1. The Labute approximate surface area is 134 Å². The minimum atomic E-state index is -0.319. The van der Waals surface area contributed by atoms with Crippen LogP contribution in [-0.4, -0.2) is 20.9 Å². The second-order valence-electron chi connectivity index (χ2n) is 4.96. The Bertz CT molecular complexity index is 747. The van der Waals surface area contributed by atoms with Crippen LogP contribution in [-0.2, 0) is 16.1 Å². The first-order valence-corrected chi connectivity index (χ1v) is 7.19. The van der Waals surface area contributed by atoms with Gasteiger partial charge in [-0.05, 0) is 42.0 Å². The van der Waals surface area contributed by atoms with Gasteiger partial charge < -0.3 is 4.74 Å². The number of esters is 1. The van der Waals surface area contributed by atoms with E-state index in [0.29, 0.717) is 0 Å². The first-order valence-electron chi connectivity index (χ1n) is 7.19. The van der Waals surface area contributed by atoms with Gasteiger partial charge in [-0.3, -0.25) is 14.8 Å². The molecule has 0 aromatic carbocycles. The Morgan fingerprint density at radius 2 is 1.48 bits per heavy atom. The zero-order chi connectivity index (χ0) is 16.1. The summed E-state index contributed by atoms with van der Waals surface area (Å²) in [5.74, 6) is -0.319. The van der Waals surface area contributed by atoms with Crippen LogP contribution in [0.3, 0.4) is 0 Å². The lowest BCUT2D eigenvalue weighted by Gasteiger charge is -2.09. The molecular weight excluding hydrogens is 290 g/mol. The Balaban J connectivity index is 2.05. The number of rotatable bonds is 4. The van der Waals surface area contributed by atoms with Gasteiger partial charge in [0, 0.05) is 19.3 Å². The molecule has 0 aliphatic carbocycles. The third-order valence-electron chi connectivity index (χ3n) is 3.18. The van der Waals surface area contributed by atoms with Crippen LogP contribution in [0.25, 0.3) is 22.8 Å². The number of carbonyl (C=O) groups excluding carboxylic acids is 1. The molecule has 0 aliphatic heterocycles. The van der Waals surface area contributed by atoms with E-state index < -0.39 is 0 Å². The van der Waals surface area contributed by atoms with E-state index in [-0.39, 0.29) is 12.6 Å². The summed E-state index contributed by atoms with van der Waals surface area (Å²) in [6, 6.07) is 15.0. The summed E-state index contributed by atoms with van der Waals surface area (Å²) in [5.41, 5.74) is 3.80. The van der Waals surface area contributed by atoms with Crippen LogP contribution in [0.2, 0.25) is 0 Å². The van der Waals surface area contributed by atoms with Crippen LogP contribution in [0.5, 0.6) is 0 Å². The molecule has 3 aromatic rings. The van der Waals surface area contributed by atoms with E-state index in [1.54, 1.807) is 12.4 Å². The van der Waals surface area contributed by atoms with Crippen molar-refractivity contribution in [3.63, 3.8) is 0 Å². The number of pyridine rings is 3. The summed E-state index contributed by atoms with van der Waals surface area (Å²) in [6.45, 7) is 1.58. The lowest BCUT2D eigenvalue weighted by molar-refractivity contribution is -0.142. The van der Waals surface area contributed by atoms with Crippen LogP contribution >= 0.6 is 0 Å². The molecule has 23 heavy (non-hydrogen) atoms. The molecule has 0 N–H and O–H groups in total. The Morgan fingerprint density at radius 1 is 0.913 bits per heavy atom. The molecule has 0 saturated carbocycles. The number of hydrogen-bond acceptors (Lipinski definition) is 5. The van der Waals surface area contributed by atoms with Crippen molar-refractivity contribution in [1.29, 1.82) is 0 Å². The van der Waals surface area contributed by atoms with E-state index in [0.717, 1.165) is 28.3 Å². The summed E-state index contributed by atoms with van der Waals surface area (Å²) < 4.78 is 5.10. The fourth-order valence-corrected chi connectivity index (χ4v) is 2.15. The molecule has 0 radical (unpaired) electrons. The molecule has 3 heterocycles. The average molecular weight is 305 g/mol. The summed E-state index contributed by atoms with van der Waals surface area (Å²) >= 11 is 0. The molecule has 0 bridgehead atoms. The molecule has 114 valence electrons. The number of ether oxygens (including phenoxy) is 1. The molecule has 0 fully saturated rings. The fraction of sp³-hybridized carbons (Fsp3) is 0.111. The van der Waals surface area contributed by atoms with Gasteiger partial charge in [-0.2, -0.15) is 0 Å². The molecular formula is C18H15N3O2. The van der Waals surface area contributed by atoms with E-state index >= 15 is 0 Å². The highest BCUT2D eigenvalue weighted by Gasteiger charge is 2.09. The summed E-state index contributed by atoms with van der Waals surface area (Å²) in [7, 11) is 0. The van der Waals surface area contributed by atoms with Crippen molar-refractivity contribution in [2.24, 2.45) is 0 Å². The SMILES string of the molecule is CC(=O)OCc1cc(-c2ccccn2)nc(-c2ccccn2)c1. The minimum absolute atomic E-state index is 0.192. The van der Waals surface area contributed by atoms with Gasteiger partial charge >= 0.3 is 5.97 Å². The first kappa shape index (κ1) is 14.8. The standard InChI is InChI=1S/C18H15N3O2/c1-13(22)23-12-14-10-17(15-6-2-4-8-19-15)21-18(11-14)16-7-3-5-9-20-16/h2-11H,12H2,1H3. The van der Waals surface area contributed by atoms with Gasteiger partial charge in [-0.15, -0.1) is 0 Å². The summed E-state index contributed by atoms with van der Waals surface area (Å²) in [4.78, 5) is 24.4.